The fourth-order valence-corrected chi connectivity index (χ4v) is 4.55. The van der Waals surface area contributed by atoms with E-state index >= 15 is 0 Å². The molecule has 0 radical (unpaired) electrons. The van der Waals surface area contributed by atoms with Gasteiger partial charge in [0.05, 0.1) is 0 Å². The van der Waals surface area contributed by atoms with Crippen molar-refractivity contribution in [3.8, 4) is 0 Å². The Morgan fingerprint density at radius 2 is 1.35 bits per heavy atom. The lowest BCUT2D eigenvalue weighted by molar-refractivity contribution is -0.132. The quantitative estimate of drug-likeness (QED) is 0.719. The predicted molar refractivity (Wildman–Crippen MR) is 82.6 cm³/mol. The molecule has 0 aliphatic heterocycles. The summed E-state index contributed by atoms with van der Waals surface area (Å²) in [6.45, 7) is 4.12. The van der Waals surface area contributed by atoms with Gasteiger partial charge >= 0.3 is 5.97 Å². The summed E-state index contributed by atoms with van der Waals surface area (Å²) in [6, 6.07) is 0. The van der Waals surface area contributed by atoms with Crippen LogP contribution >= 0.6 is 0 Å². The molecule has 2 fully saturated rings. The number of aliphatic carboxylic acids is 1. The minimum Gasteiger partial charge on any atom is -0.478 e. The molecule has 2 nitrogen and oxygen atoms in total. The summed E-state index contributed by atoms with van der Waals surface area (Å²) >= 11 is 0. The lowest BCUT2D eigenvalue weighted by atomic mass is 9.59. The molecule has 0 bridgehead atoms. The van der Waals surface area contributed by atoms with Crippen LogP contribution in [0.25, 0.3) is 0 Å². The molecule has 2 aliphatic carbocycles. The van der Waals surface area contributed by atoms with E-state index in [0.717, 1.165) is 0 Å². The fourth-order valence-electron chi connectivity index (χ4n) is 4.55. The van der Waals surface area contributed by atoms with E-state index in [1.165, 1.54) is 64.2 Å². The Morgan fingerprint density at radius 3 is 1.70 bits per heavy atom. The highest BCUT2D eigenvalue weighted by atomic mass is 16.4. The van der Waals surface area contributed by atoms with Gasteiger partial charge in [-0.25, -0.2) is 4.79 Å². The number of allylic oxidation sites excluding steroid dienone is 1. The van der Waals surface area contributed by atoms with Gasteiger partial charge in [0.2, 0.25) is 0 Å². The van der Waals surface area contributed by atoms with Crippen molar-refractivity contribution in [1.82, 2.24) is 0 Å². The molecule has 2 rings (SSSR count). The first-order valence-corrected chi connectivity index (χ1v) is 8.47. The third-order valence-corrected chi connectivity index (χ3v) is 5.83. The second kappa shape index (κ2) is 6.78. The van der Waals surface area contributed by atoms with Gasteiger partial charge in [0, 0.05) is 5.57 Å². The minimum atomic E-state index is -0.747. The molecule has 0 amide bonds. The Bertz CT molecular complexity index is 340. The molecule has 0 atom stereocenters. The molecule has 0 saturated heterocycles. The summed E-state index contributed by atoms with van der Waals surface area (Å²) in [7, 11) is 0. The van der Waals surface area contributed by atoms with Crippen molar-refractivity contribution in [1.29, 1.82) is 0 Å². The van der Waals surface area contributed by atoms with Crippen LogP contribution in [0, 0.1) is 17.3 Å². The van der Waals surface area contributed by atoms with E-state index < -0.39 is 5.97 Å². The van der Waals surface area contributed by atoms with Gasteiger partial charge in [0.25, 0.3) is 0 Å². The zero-order valence-electron chi connectivity index (χ0n) is 13.2. The molecule has 2 heteroatoms. The SMILES string of the molecule is CC(=CC(C)(C1CCCCC1)C1CCCCC1)C(=O)O. The van der Waals surface area contributed by atoms with Gasteiger partial charge in [0.15, 0.2) is 0 Å². The first kappa shape index (κ1) is 15.6. The molecular formula is C18H30O2. The molecule has 0 aromatic rings. The van der Waals surface area contributed by atoms with Gasteiger partial charge < -0.3 is 5.11 Å². The highest BCUT2D eigenvalue weighted by Crippen LogP contribution is 2.50. The Labute approximate surface area is 123 Å². The zero-order chi connectivity index (χ0) is 14.6. The van der Waals surface area contributed by atoms with Crippen molar-refractivity contribution in [3.05, 3.63) is 11.6 Å². The second-order valence-electron chi connectivity index (χ2n) is 7.17. The molecule has 2 aliphatic rings. The molecule has 1 N–H and O–H groups in total. The van der Waals surface area contributed by atoms with Gasteiger partial charge in [-0.15, -0.1) is 0 Å². The molecular weight excluding hydrogens is 248 g/mol. The first-order chi connectivity index (χ1) is 9.54. The van der Waals surface area contributed by atoms with Crippen molar-refractivity contribution in [3.63, 3.8) is 0 Å². The smallest absolute Gasteiger partial charge is 0.330 e. The first-order valence-electron chi connectivity index (χ1n) is 8.47. The van der Waals surface area contributed by atoms with Gasteiger partial charge in [-0.1, -0.05) is 51.5 Å². The molecule has 0 aromatic carbocycles. The van der Waals surface area contributed by atoms with Crippen molar-refractivity contribution in [2.75, 3.05) is 0 Å². The van der Waals surface area contributed by atoms with Gasteiger partial charge in [-0.05, 0) is 49.9 Å². The van der Waals surface area contributed by atoms with E-state index in [1.54, 1.807) is 6.92 Å². The van der Waals surface area contributed by atoms with Crippen LogP contribution in [0.3, 0.4) is 0 Å². The summed E-state index contributed by atoms with van der Waals surface area (Å²) in [5, 5.41) is 9.27. The lowest BCUT2D eigenvalue weighted by Gasteiger charge is -2.45. The maximum Gasteiger partial charge on any atom is 0.330 e. The Balaban J connectivity index is 2.25. The maximum absolute atomic E-state index is 11.3. The van der Waals surface area contributed by atoms with Crippen molar-refractivity contribution >= 4 is 5.97 Å². The van der Waals surface area contributed by atoms with Crippen LogP contribution in [0.2, 0.25) is 0 Å². The Morgan fingerprint density at radius 1 is 0.950 bits per heavy atom. The van der Waals surface area contributed by atoms with E-state index in [9.17, 15) is 9.90 Å². The van der Waals surface area contributed by atoms with Crippen LogP contribution in [0.1, 0.15) is 78.1 Å². The summed E-state index contributed by atoms with van der Waals surface area (Å²) in [5.74, 6) is 0.630. The maximum atomic E-state index is 11.3. The van der Waals surface area contributed by atoms with Crippen molar-refractivity contribution < 1.29 is 9.90 Å². The summed E-state index contributed by atoms with van der Waals surface area (Å²) in [6.07, 6.45) is 15.3. The normalized spacial score (nSPS) is 23.8. The van der Waals surface area contributed by atoms with Crippen molar-refractivity contribution in [2.24, 2.45) is 17.3 Å². The van der Waals surface area contributed by atoms with E-state index in [0.29, 0.717) is 17.4 Å². The third kappa shape index (κ3) is 3.45. The molecule has 0 unspecified atom stereocenters. The molecule has 0 heterocycles. The number of carboxylic acid groups (broad SMARTS) is 1. The van der Waals surface area contributed by atoms with E-state index in [4.69, 9.17) is 0 Å². The van der Waals surface area contributed by atoms with Gasteiger partial charge in [-0.2, -0.15) is 0 Å². The fraction of sp³-hybridized carbons (Fsp3) is 0.833. The Kier molecular flexibility index (Phi) is 5.29. The third-order valence-electron chi connectivity index (χ3n) is 5.83. The van der Waals surface area contributed by atoms with E-state index in [1.807, 2.05) is 0 Å². The highest BCUT2D eigenvalue weighted by molar-refractivity contribution is 5.85. The van der Waals surface area contributed by atoms with Gasteiger partial charge in [-0.3, -0.25) is 0 Å². The zero-order valence-corrected chi connectivity index (χ0v) is 13.2. The monoisotopic (exact) mass is 278 g/mol. The van der Waals surface area contributed by atoms with Crippen LogP contribution < -0.4 is 0 Å². The molecule has 114 valence electrons. The number of hydrogen-bond donors (Lipinski definition) is 1. The number of carbonyl (C=O) groups is 1. The van der Waals surface area contributed by atoms with Crippen LogP contribution in [-0.4, -0.2) is 11.1 Å². The number of carboxylic acids is 1. The van der Waals surface area contributed by atoms with E-state index in [-0.39, 0.29) is 5.41 Å². The highest BCUT2D eigenvalue weighted by Gasteiger charge is 2.40. The predicted octanol–water partition coefficient (Wildman–Crippen LogP) is 5.18. The number of rotatable bonds is 4. The molecule has 0 aromatic heterocycles. The molecule has 20 heavy (non-hydrogen) atoms. The van der Waals surface area contributed by atoms with Crippen LogP contribution in [-0.2, 0) is 4.79 Å². The average molecular weight is 278 g/mol. The minimum absolute atomic E-state index is 0.101. The Hall–Kier alpha value is -0.790. The standard InChI is InChI=1S/C18H30O2/c1-14(17(19)20)13-18(2,15-9-5-3-6-10-15)16-11-7-4-8-12-16/h13,15-16H,3-12H2,1-2H3,(H,19,20). The summed E-state index contributed by atoms with van der Waals surface area (Å²) in [5.41, 5.74) is 0.646. The number of hydrogen-bond acceptors (Lipinski definition) is 1. The van der Waals surface area contributed by atoms with E-state index in [2.05, 4.69) is 13.0 Å². The van der Waals surface area contributed by atoms with Crippen LogP contribution in [0.5, 0.6) is 0 Å². The van der Waals surface area contributed by atoms with Crippen LogP contribution in [0.4, 0.5) is 0 Å². The van der Waals surface area contributed by atoms with Gasteiger partial charge in [0.1, 0.15) is 0 Å². The largest absolute Gasteiger partial charge is 0.478 e. The van der Waals surface area contributed by atoms with Crippen LogP contribution in [0.15, 0.2) is 11.6 Å². The lowest BCUT2D eigenvalue weighted by Crippen LogP contribution is -2.36. The summed E-state index contributed by atoms with van der Waals surface area (Å²) < 4.78 is 0. The molecule has 0 spiro atoms. The van der Waals surface area contributed by atoms with Crippen molar-refractivity contribution in [2.45, 2.75) is 78.1 Å². The average Bonchev–Trinajstić information content (AvgIpc) is 2.48. The topological polar surface area (TPSA) is 37.3 Å². The second-order valence-corrected chi connectivity index (χ2v) is 7.17. The molecule has 2 saturated carbocycles. The summed E-state index contributed by atoms with van der Waals surface area (Å²) in [4.78, 5) is 11.3.